The van der Waals surface area contributed by atoms with Crippen molar-refractivity contribution in [2.75, 3.05) is 10.3 Å². The quantitative estimate of drug-likeness (QED) is 0.538. The first-order valence-corrected chi connectivity index (χ1v) is 9.81. The summed E-state index contributed by atoms with van der Waals surface area (Å²) in [6.45, 7) is 1.88. The number of benzene rings is 2. The highest BCUT2D eigenvalue weighted by atomic mass is 16.2. The first kappa shape index (κ1) is 20.8. The molecule has 0 bridgehead atoms. The minimum atomic E-state index is -0.789. The lowest BCUT2D eigenvalue weighted by atomic mass is 10.1. The maximum absolute atomic E-state index is 13.1. The highest BCUT2D eigenvalue weighted by molar-refractivity contribution is 6.44. The molecule has 0 saturated carbocycles. The van der Waals surface area contributed by atoms with Crippen molar-refractivity contribution in [2.24, 2.45) is 16.6 Å². The molecule has 1 aliphatic heterocycles. The summed E-state index contributed by atoms with van der Waals surface area (Å²) in [4.78, 5) is 36.7. The zero-order valence-corrected chi connectivity index (χ0v) is 17.2. The number of hydrazone groups is 1. The van der Waals surface area contributed by atoms with Crippen molar-refractivity contribution in [3.8, 4) is 5.69 Å². The van der Waals surface area contributed by atoms with Gasteiger partial charge in [-0.3, -0.25) is 19.4 Å². The van der Waals surface area contributed by atoms with Crippen LogP contribution < -0.4 is 21.8 Å². The molecule has 10 heteroatoms. The van der Waals surface area contributed by atoms with Gasteiger partial charge in [0.25, 0.3) is 5.91 Å². The number of anilines is 2. The van der Waals surface area contributed by atoms with E-state index in [2.05, 4.69) is 15.5 Å². The monoisotopic (exact) mass is 431 g/mol. The zero-order valence-electron chi connectivity index (χ0n) is 17.2. The van der Waals surface area contributed by atoms with Gasteiger partial charge in [-0.15, -0.1) is 0 Å². The number of hydrogen-bond donors (Lipinski definition) is 3. The Kier molecular flexibility index (Phi) is 5.42. The van der Waals surface area contributed by atoms with Crippen LogP contribution in [0.2, 0.25) is 0 Å². The van der Waals surface area contributed by atoms with Crippen LogP contribution in [-0.4, -0.2) is 39.3 Å². The number of nitrogens with zero attached hydrogens (tertiary/aromatic N) is 4. The number of rotatable bonds is 6. The molecule has 1 aliphatic rings. The van der Waals surface area contributed by atoms with Gasteiger partial charge >= 0.3 is 0 Å². The Morgan fingerprint density at radius 2 is 1.84 bits per heavy atom. The zero-order chi connectivity index (χ0) is 22.8. The Morgan fingerprint density at radius 3 is 2.47 bits per heavy atom. The molecule has 0 spiro atoms. The average molecular weight is 431 g/mol. The largest absolute Gasteiger partial charge is 0.368 e. The molecule has 10 nitrogen and oxygen atoms in total. The van der Waals surface area contributed by atoms with Crippen molar-refractivity contribution in [3.63, 3.8) is 0 Å². The molecule has 0 aliphatic carbocycles. The molecule has 1 aromatic heterocycles. The van der Waals surface area contributed by atoms with Crippen molar-refractivity contribution < 1.29 is 14.4 Å². The van der Waals surface area contributed by atoms with Gasteiger partial charge in [0.15, 0.2) is 0 Å². The molecular formula is C22H21N7O3. The number of carbonyl (C=O) groups excluding carboxylic acids is 3. The molecule has 5 N–H and O–H groups in total. The van der Waals surface area contributed by atoms with Crippen molar-refractivity contribution in [2.45, 2.75) is 19.4 Å². The molecule has 0 fully saturated rings. The van der Waals surface area contributed by atoms with Crippen LogP contribution in [0, 0.1) is 6.92 Å². The number of nitrogens with one attached hydrogen (secondary N) is 1. The SMILES string of the molecule is Cc1cnn(-c2ccc(C(N)=O)cc2NC(=O)C2=NN(c3ccccc3)[C@@H](C(N)=O)C2)c1. The summed E-state index contributed by atoms with van der Waals surface area (Å²) < 4.78 is 1.58. The van der Waals surface area contributed by atoms with Gasteiger partial charge < -0.3 is 16.8 Å². The van der Waals surface area contributed by atoms with E-state index < -0.39 is 23.8 Å². The van der Waals surface area contributed by atoms with Gasteiger partial charge in [-0.05, 0) is 42.8 Å². The third-order valence-electron chi connectivity index (χ3n) is 5.01. The van der Waals surface area contributed by atoms with Crippen LogP contribution in [0.25, 0.3) is 5.69 Å². The highest BCUT2D eigenvalue weighted by Crippen LogP contribution is 2.26. The second-order valence-electron chi connectivity index (χ2n) is 7.36. The number of hydrogen-bond acceptors (Lipinski definition) is 6. The fraction of sp³-hybridized carbons (Fsp3) is 0.136. The Hall–Kier alpha value is -4.47. The fourth-order valence-corrected chi connectivity index (χ4v) is 3.42. The third-order valence-corrected chi connectivity index (χ3v) is 5.01. The third kappa shape index (κ3) is 4.06. The number of primary amides is 2. The topological polar surface area (TPSA) is 149 Å². The number of amides is 3. The van der Waals surface area contributed by atoms with E-state index in [0.717, 1.165) is 5.56 Å². The number of nitrogens with two attached hydrogens (primary N) is 2. The van der Waals surface area contributed by atoms with Gasteiger partial charge in [-0.25, -0.2) is 4.68 Å². The highest BCUT2D eigenvalue weighted by Gasteiger charge is 2.35. The van der Waals surface area contributed by atoms with Crippen LogP contribution in [0.3, 0.4) is 0 Å². The van der Waals surface area contributed by atoms with Crippen LogP contribution in [0.1, 0.15) is 22.3 Å². The van der Waals surface area contributed by atoms with E-state index >= 15 is 0 Å². The molecule has 0 radical (unpaired) electrons. The normalized spacial score (nSPS) is 15.3. The molecule has 2 aromatic carbocycles. The first-order chi connectivity index (χ1) is 15.3. The van der Waals surface area contributed by atoms with Crippen LogP contribution >= 0.6 is 0 Å². The lowest BCUT2D eigenvalue weighted by Crippen LogP contribution is -2.39. The van der Waals surface area contributed by atoms with E-state index in [1.54, 1.807) is 53.5 Å². The minimum absolute atomic E-state index is 0.0434. The second-order valence-corrected chi connectivity index (χ2v) is 7.36. The molecule has 32 heavy (non-hydrogen) atoms. The standard InChI is InChI=1S/C22H21N7O3/c1-13-11-25-28(12-13)18-8-7-14(20(23)30)9-16(18)26-22(32)17-10-19(21(24)31)29(27-17)15-5-3-2-4-6-15/h2-9,11-12,19H,10H2,1H3,(H2,23,30)(H2,24,31)(H,26,32)/t19-/m1/s1. The number of para-hydroxylation sites is 1. The summed E-state index contributed by atoms with van der Waals surface area (Å²) in [5, 5.41) is 12.8. The van der Waals surface area contributed by atoms with Crippen molar-refractivity contribution in [3.05, 3.63) is 72.1 Å². The Bertz CT molecular complexity index is 1230. The molecule has 1 atom stereocenters. The van der Waals surface area contributed by atoms with E-state index in [1.165, 1.54) is 11.1 Å². The number of carbonyl (C=O) groups is 3. The summed E-state index contributed by atoms with van der Waals surface area (Å²) >= 11 is 0. The van der Waals surface area contributed by atoms with E-state index in [0.29, 0.717) is 17.1 Å². The van der Waals surface area contributed by atoms with Gasteiger partial charge in [0.05, 0.1) is 23.3 Å². The molecule has 162 valence electrons. The fourth-order valence-electron chi connectivity index (χ4n) is 3.42. The van der Waals surface area contributed by atoms with Crippen molar-refractivity contribution in [1.82, 2.24) is 9.78 Å². The molecular weight excluding hydrogens is 410 g/mol. The van der Waals surface area contributed by atoms with Crippen LogP contribution in [0.15, 0.2) is 66.0 Å². The van der Waals surface area contributed by atoms with E-state index in [-0.39, 0.29) is 17.7 Å². The summed E-state index contributed by atoms with van der Waals surface area (Å²) in [6, 6.07) is 12.9. The predicted octanol–water partition coefficient (Wildman–Crippen LogP) is 1.34. The molecule has 4 rings (SSSR count). The summed E-state index contributed by atoms with van der Waals surface area (Å²) in [5.74, 6) is -1.75. The summed E-state index contributed by atoms with van der Waals surface area (Å²) in [7, 11) is 0. The Balaban J connectivity index is 1.67. The first-order valence-electron chi connectivity index (χ1n) is 9.81. The molecule has 3 amide bonds. The number of aromatic nitrogens is 2. The van der Waals surface area contributed by atoms with E-state index in [4.69, 9.17) is 11.5 Å². The lowest BCUT2D eigenvalue weighted by Gasteiger charge is -2.20. The summed E-state index contributed by atoms with van der Waals surface area (Å²) in [6.07, 6.45) is 3.49. The maximum Gasteiger partial charge on any atom is 0.272 e. The van der Waals surface area contributed by atoms with Gasteiger partial charge in [-0.2, -0.15) is 10.2 Å². The molecule has 0 unspecified atom stereocenters. The Labute approximate surface area is 183 Å². The van der Waals surface area contributed by atoms with Crippen LogP contribution in [-0.2, 0) is 9.59 Å². The van der Waals surface area contributed by atoms with Gasteiger partial charge in [0.1, 0.15) is 11.8 Å². The molecule has 3 aromatic rings. The van der Waals surface area contributed by atoms with E-state index in [1.807, 2.05) is 13.0 Å². The molecule has 0 saturated heterocycles. The molecule has 2 heterocycles. The predicted molar refractivity (Wildman–Crippen MR) is 119 cm³/mol. The van der Waals surface area contributed by atoms with Gasteiger partial charge in [-0.1, -0.05) is 18.2 Å². The van der Waals surface area contributed by atoms with Gasteiger partial charge in [0.2, 0.25) is 11.8 Å². The van der Waals surface area contributed by atoms with Gasteiger partial charge in [0, 0.05) is 18.2 Å². The smallest absolute Gasteiger partial charge is 0.272 e. The van der Waals surface area contributed by atoms with E-state index in [9.17, 15) is 14.4 Å². The summed E-state index contributed by atoms with van der Waals surface area (Å²) in [5.41, 5.74) is 13.7. The lowest BCUT2D eigenvalue weighted by molar-refractivity contribution is -0.119. The van der Waals surface area contributed by atoms with Crippen molar-refractivity contribution in [1.29, 1.82) is 0 Å². The van der Waals surface area contributed by atoms with Crippen LogP contribution in [0.4, 0.5) is 11.4 Å². The second kappa shape index (κ2) is 8.34. The Morgan fingerprint density at radius 1 is 1.09 bits per heavy atom. The number of aryl methyl sites for hydroxylation is 1. The van der Waals surface area contributed by atoms with Crippen molar-refractivity contribution >= 4 is 34.8 Å². The van der Waals surface area contributed by atoms with Crippen LogP contribution in [0.5, 0.6) is 0 Å². The maximum atomic E-state index is 13.1. The average Bonchev–Trinajstić information content (AvgIpc) is 3.41. The minimum Gasteiger partial charge on any atom is -0.368 e.